The lowest BCUT2D eigenvalue weighted by atomic mass is 9.91. The molecule has 1 aliphatic heterocycles. The van der Waals surface area contributed by atoms with Crippen molar-refractivity contribution < 1.29 is 19.1 Å². The molecule has 1 aliphatic rings. The minimum absolute atomic E-state index is 0.0198. The number of nitrogens with one attached hydrogen (secondary N) is 1. The van der Waals surface area contributed by atoms with Crippen molar-refractivity contribution in [3.63, 3.8) is 0 Å². The maximum atomic E-state index is 13.6. The molecular weight excluding hydrogens is 474 g/mol. The minimum atomic E-state index is -0.738. The van der Waals surface area contributed by atoms with Gasteiger partial charge in [0.05, 0.1) is 40.4 Å². The van der Waals surface area contributed by atoms with Gasteiger partial charge in [-0.2, -0.15) is 0 Å². The molecule has 1 fully saturated rings. The summed E-state index contributed by atoms with van der Waals surface area (Å²) in [5.41, 5.74) is 5.89. The minimum Gasteiger partial charge on any atom is -0.468 e. The van der Waals surface area contributed by atoms with Crippen molar-refractivity contribution in [3.8, 4) is 10.4 Å². The van der Waals surface area contributed by atoms with Crippen LogP contribution in [0.4, 0.5) is 0 Å². The van der Waals surface area contributed by atoms with Gasteiger partial charge >= 0.3 is 0 Å². The van der Waals surface area contributed by atoms with E-state index in [4.69, 9.17) is 4.42 Å². The molecule has 1 saturated heterocycles. The zero-order valence-corrected chi connectivity index (χ0v) is 22.3. The highest BCUT2D eigenvalue weighted by Crippen LogP contribution is 2.33. The molecule has 0 bridgehead atoms. The van der Waals surface area contributed by atoms with Crippen LogP contribution < -0.4 is 5.32 Å². The second-order valence-electron chi connectivity index (χ2n) is 10.0. The first-order chi connectivity index (χ1) is 17.2. The van der Waals surface area contributed by atoms with Crippen molar-refractivity contribution in [3.05, 3.63) is 64.7 Å². The van der Waals surface area contributed by atoms with Gasteiger partial charge in [-0.05, 0) is 48.9 Å². The van der Waals surface area contributed by atoms with Crippen molar-refractivity contribution in [2.24, 2.45) is 5.92 Å². The van der Waals surface area contributed by atoms with Gasteiger partial charge in [0.1, 0.15) is 11.8 Å². The van der Waals surface area contributed by atoms with Gasteiger partial charge in [-0.15, -0.1) is 11.3 Å². The number of rotatable bonds is 8. The van der Waals surface area contributed by atoms with Crippen molar-refractivity contribution in [1.29, 1.82) is 0 Å². The monoisotopic (exact) mass is 509 g/mol. The van der Waals surface area contributed by atoms with Crippen LogP contribution in [-0.2, 0) is 9.59 Å². The predicted molar refractivity (Wildman–Crippen MR) is 141 cm³/mol. The lowest BCUT2D eigenvalue weighted by Gasteiger charge is -2.30. The van der Waals surface area contributed by atoms with E-state index >= 15 is 0 Å². The number of aliphatic hydroxyl groups is 1. The first-order valence-electron chi connectivity index (χ1n) is 12.5. The third-order valence-electron chi connectivity index (χ3n) is 6.90. The Bertz CT molecular complexity index is 1200. The Morgan fingerprint density at radius 1 is 1.25 bits per heavy atom. The maximum Gasteiger partial charge on any atom is 0.243 e. The molecule has 8 heteroatoms. The molecule has 2 N–H and O–H groups in total. The van der Waals surface area contributed by atoms with Crippen LogP contribution in [0.15, 0.2) is 46.5 Å². The highest BCUT2D eigenvalue weighted by molar-refractivity contribution is 7.13. The van der Waals surface area contributed by atoms with E-state index in [2.05, 4.69) is 22.4 Å². The van der Waals surface area contributed by atoms with Crippen LogP contribution in [0, 0.1) is 19.8 Å². The van der Waals surface area contributed by atoms with E-state index < -0.39 is 18.1 Å². The van der Waals surface area contributed by atoms with Gasteiger partial charge in [-0.1, -0.05) is 45.0 Å². The molecule has 3 aromatic rings. The smallest absolute Gasteiger partial charge is 0.243 e. The number of carbonyl (C=O) groups is 2. The number of aliphatic hydroxyl groups excluding tert-OH is 1. The summed E-state index contributed by atoms with van der Waals surface area (Å²) in [6, 6.07) is 9.12. The number of carbonyl (C=O) groups excluding carboxylic acids is 2. The average Bonchev–Trinajstić information content (AvgIpc) is 3.57. The lowest BCUT2D eigenvalue weighted by Crippen LogP contribution is -2.48. The summed E-state index contributed by atoms with van der Waals surface area (Å²) in [4.78, 5) is 34.1. The summed E-state index contributed by atoms with van der Waals surface area (Å²) in [5.74, 6) is -0.367. The first-order valence-corrected chi connectivity index (χ1v) is 13.4. The van der Waals surface area contributed by atoms with E-state index in [0.29, 0.717) is 12.2 Å². The maximum absolute atomic E-state index is 13.6. The molecule has 36 heavy (non-hydrogen) atoms. The molecule has 192 valence electrons. The Hall–Kier alpha value is -2.97. The molecular formula is C28H35N3O4S. The third-order valence-corrected chi connectivity index (χ3v) is 7.88. The fourth-order valence-corrected chi connectivity index (χ4v) is 5.78. The highest BCUT2D eigenvalue weighted by atomic mass is 32.1. The van der Waals surface area contributed by atoms with Gasteiger partial charge < -0.3 is 19.7 Å². The first kappa shape index (κ1) is 26.1. The van der Waals surface area contributed by atoms with E-state index in [1.54, 1.807) is 17.6 Å². The van der Waals surface area contributed by atoms with Gasteiger partial charge in [0.25, 0.3) is 0 Å². The second kappa shape index (κ2) is 11.0. The van der Waals surface area contributed by atoms with Crippen LogP contribution in [0.25, 0.3) is 10.4 Å². The van der Waals surface area contributed by atoms with Gasteiger partial charge in [-0.25, -0.2) is 4.98 Å². The fraction of sp³-hybridized carbons (Fsp3) is 0.464. The van der Waals surface area contributed by atoms with E-state index in [9.17, 15) is 14.7 Å². The molecule has 0 saturated carbocycles. The molecule has 0 spiro atoms. The Labute approximate surface area is 216 Å². The number of amides is 2. The predicted octanol–water partition coefficient (Wildman–Crippen LogP) is 4.99. The van der Waals surface area contributed by atoms with E-state index in [1.807, 2.05) is 58.3 Å². The van der Waals surface area contributed by atoms with Gasteiger partial charge in [0.2, 0.25) is 11.8 Å². The average molecular weight is 510 g/mol. The quantitative estimate of drug-likeness (QED) is 0.446. The number of benzene rings is 1. The fourth-order valence-electron chi connectivity index (χ4n) is 4.97. The number of likely N-dealkylation sites (tertiary alicyclic amines) is 1. The Kier molecular flexibility index (Phi) is 7.95. The van der Waals surface area contributed by atoms with Crippen molar-refractivity contribution in [2.75, 3.05) is 6.54 Å². The van der Waals surface area contributed by atoms with E-state index in [1.165, 1.54) is 4.90 Å². The molecule has 2 aromatic heterocycles. The normalized spacial score (nSPS) is 19.5. The topological polar surface area (TPSA) is 95.7 Å². The van der Waals surface area contributed by atoms with Crippen molar-refractivity contribution in [2.45, 2.75) is 71.6 Å². The molecule has 0 radical (unpaired) electrons. The second-order valence-corrected chi connectivity index (χ2v) is 10.9. The van der Waals surface area contributed by atoms with Crippen LogP contribution in [0.1, 0.15) is 68.2 Å². The van der Waals surface area contributed by atoms with Gasteiger partial charge in [-0.3, -0.25) is 9.59 Å². The van der Waals surface area contributed by atoms with Crippen LogP contribution in [0.2, 0.25) is 0 Å². The van der Waals surface area contributed by atoms with Gasteiger partial charge in [0, 0.05) is 13.0 Å². The summed E-state index contributed by atoms with van der Waals surface area (Å²) >= 11 is 1.61. The largest absolute Gasteiger partial charge is 0.468 e. The molecule has 3 heterocycles. The van der Waals surface area contributed by atoms with Gasteiger partial charge in [0.15, 0.2) is 0 Å². The Balaban J connectivity index is 1.50. The summed E-state index contributed by atoms with van der Waals surface area (Å²) in [6.07, 6.45) is 1.82. The zero-order chi connectivity index (χ0) is 26.0. The number of aromatic nitrogens is 1. The van der Waals surface area contributed by atoms with Crippen molar-refractivity contribution >= 4 is 23.2 Å². The number of β-amino-alcohol motifs (C(OH)–C–C–N with tert-alkyl or cyclic N) is 1. The number of hydrogen-bond acceptors (Lipinski definition) is 6. The number of aryl methyl sites for hydroxylation is 2. The zero-order valence-electron chi connectivity index (χ0n) is 21.5. The van der Waals surface area contributed by atoms with Crippen LogP contribution >= 0.6 is 11.3 Å². The molecule has 7 nitrogen and oxygen atoms in total. The lowest BCUT2D eigenvalue weighted by molar-refractivity contribution is -0.141. The summed E-state index contributed by atoms with van der Waals surface area (Å²) in [6.45, 7) is 10.0. The van der Waals surface area contributed by atoms with Crippen molar-refractivity contribution in [1.82, 2.24) is 15.2 Å². The SMILES string of the molecule is CC[C@H](NC(=O)[C@@H]1C[C@@H](O)CN1C(=O)[C@@H](c1cc(C)co1)C(C)C)c1ccc(-c2scnc2C)cc1. The molecule has 0 unspecified atom stereocenters. The molecule has 4 atom stereocenters. The number of hydrogen-bond donors (Lipinski definition) is 2. The summed E-state index contributed by atoms with van der Waals surface area (Å²) in [5, 5.41) is 13.5. The number of furan rings is 1. The van der Waals surface area contributed by atoms with Crippen LogP contribution in [-0.4, -0.2) is 45.5 Å². The van der Waals surface area contributed by atoms with E-state index in [0.717, 1.165) is 27.3 Å². The third kappa shape index (κ3) is 5.39. The number of nitrogens with zero attached hydrogens (tertiary/aromatic N) is 2. The van der Waals surface area contributed by atoms with Crippen LogP contribution in [0.3, 0.4) is 0 Å². The molecule has 4 rings (SSSR count). The highest BCUT2D eigenvalue weighted by Gasteiger charge is 2.43. The molecule has 2 amide bonds. The standard InChI is InChI=1S/C28H35N3O4S/c1-6-22(19-7-9-20(10-8-19)26-18(5)29-15-36-26)30-27(33)23-12-21(32)13-31(23)28(34)25(16(2)3)24-11-17(4)14-35-24/h7-11,14-16,21-23,25,32H,6,12-13H2,1-5H3,(H,30,33)/t21-,22+,23+,25-/m1/s1. The summed E-state index contributed by atoms with van der Waals surface area (Å²) < 4.78 is 5.66. The Morgan fingerprint density at radius 3 is 2.53 bits per heavy atom. The Morgan fingerprint density at radius 2 is 1.97 bits per heavy atom. The van der Waals surface area contributed by atoms with Crippen LogP contribution in [0.5, 0.6) is 0 Å². The van der Waals surface area contributed by atoms with E-state index in [-0.39, 0.29) is 36.7 Å². The molecule has 1 aromatic carbocycles. The summed E-state index contributed by atoms with van der Waals surface area (Å²) in [7, 11) is 0. The number of thiazole rings is 1. The molecule has 0 aliphatic carbocycles.